The Morgan fingerprint density at radius 2 is 1.62 bits per heavy atom. The van der Waals surface area contributed by atoms with Crippen LogP contribution in [0.4, 0.5) is 0 Å². The molecule has 2 heterocycles. The standard InChI is InChI=1S/C39H45N3O5S/c1-27-35(26-48-37-12-5-7-22-41-37)46-39(47-38(27)32-15-13-29(25-43)14-16-32)33-19-17-31(18-20-33)34-10-8-9-30(23-34)24-42-36(45)11-4-3-6-21-40-28(2)44/h5,7-10,12-20,22-23,27,35,38-39,43H,3-4,6,11,21,24-26H2,1-2H3,(H,40,44)(H,42,45)/t27-,35+,38+,39+/m0/s1. The molecule has 48 heavy (non-hydrogen) atoms. The summed E-state index contributed by atoms with van der Waals surface area (Å²) >= 11 is 1.68. The zero-order chi connectivity index (χ0) is 33.7. The lowest BCUT2D eigenvalue weighted by Gasteiger charge is -2.41. The van der Waals surface area contributed by atoms with Gasteiger partial charge in [-0.3, -0.25) is 9.59 Å². The van der Waals surface area contributed by atoms with E-state index >= 15 is 0 Å². The summed E-state index contributed by atoms with van der Waals surface area (Å²) in [5.74, 6) is 0.841. The van der Waals surface area contributed by atoms with E-state index in [-0.39, 0.29) is 36.5 Å². The summed E-state index contributed by atoms with van der Waals surface area (Å²) in [5.41, 5.74) is 6.03. The van der Waals surface area contributed by atoms with Crippen LogP contribution in [0.5, 0.6) is 0 Å². The van der Waals surface area contributed by atoms with Crippen molar-refractivity contribution < 1.29 is 24.2 Å². The van der Waals surface area contributed by atoms with E-state index in [0.29, 0.717) is 19.5 Å². The number of hydrogen-bond acceptors (Lipinski definition) is 7. The van der Waals surface area contributed by atoms with E-state index < -0.39 is 6.29 Å². The largest absolute Gasteiger partial charge is 0.392 e. The van der Waals surface area contributed by atoms with Crippen molar-refractivity contribution in [2.24, 2.45) is 5.92 Å². The molecule has 1 aliphatic heterocycles. The van der Waals surface area contributed by atoms with Crippen molar-refractivity contribution >= 4 is 23.6 Å². The van der Waals surface area contributed by atoms with Crippen LogP contribution in [0.1, 0.15) is 74.2 Å². The molecule has 5 rings (SSSR count). The number of ether oxygens (including phenoxy) is 2. The molecule has 0 aliphatic carbocycles. The topological polar surface area (TPSA) is 110 Å². The second kappa shape index (κ2) is 17.9. The van der Waals surface area contributed by atoms with Gasteiger partial charge in [-0.15, -0.1) is 11.8 Å². The molecule has 0 unspecified atom stereocenters. The van der Waals surface area contributed by atoms with Crippen LogP contribution < -0.4 is 10.6 Å². The molecule has 2 amide bonds. The van der Waals surface area contributed by atoms with E-state index in [1.54, 1.807) is 18.0 Å². The summed E-state index contributed by atoms with van der Waals surface area (Å²) in [6.07, 6.45) is 4.05. The first-order chi connectivity index (χ1) is 23.4. The molecule has 1 fully saturated rings. The van der Waals surface area contributed by atoms with E-state index in [2.05, 4.69) is 58.9 Å². The Kier molecular flexibility index (Phi) is 13.2. The smallest absolute Gasteiger partial charge is 0.220 e. The van der Waals surface area contributed by atoms with Gasteiger partial charge >= 0.3 is 0 Å². The fourth-order valence-electron chi connectivity index (χ4n) is 5.74. The number of amides is 2. The minimum atomic E-state index is -0.543. The first-order valence-corrected chi connectivity index (χ1v) is 17.6. The Bertz CT molecular complexity index is 1600. The number of rotatable bonds is 15. The molecule has 0 bridgehead atoms. The lowest BCUT2D eigenvalue weighted by molar-refractivity contribution is -0.268. The molecule has 1 saturated heterocycles. The van der Waals surface area contributed by atoms with Crippen LogP contribution in [0.25, 0.3) is 11.1 Å². The minimum Gasteiger partial charge on any atom is -0.392 e. The minimum absolute atomic E-state index is 0.00333. The molecular weight excluding hydrogens is 623 g/mol. The number of hydrogen-bond donors (Lipinski definition) is 3. The fourth-order valence-corrected chi connectivity index (χ4v) is 6.77. The third-order valence-electron chi connectivity index (χ3n) is 8.54. The molecule has 252 valence electrons. The van der Waals surface area contributed by atoms with E-state index in [4.69, 9.17) is 9.47 Å². The Labute approximate surface area is 287 Å². The van der Waals surface area contributed by atoms with Crippen LogP contribution in [-0.4, -0.2) is 40.3 Å². The SMILES string of the molecule is CC(=O)NCCCCCC(=O)NCc1cccc(-c2ccc([C@@H]3O[C@H](CSc4ccccn4)[C@H](C)[C@H](c4ccc(CO)cc4)O3)cc2)c1. The van der Waals surface area contributed by atoms with Crippen molar-refractivity contribution in [3.8, 4) is 11.1 Å². The third kappa shape index (κ3) is 10.2. The Hall–Kier alpha value is -4.02. The van der Waals surface area contributed by atoms with Crippen LogP contribution >= 0.6 is 11.8 Å². The summed E-state index contributed by atoms with van der Waals surface area (Å²) in [6.45, 7) is 4.80. The zero-order valence-electron chi connectivity index (χ0n) is 27.6. The summed E-state index contributed by atoms with van der Waals surface area (Å²) in [6, 6.07) is 30.4. The third-order valence-corrected chi connectivity index (χ3v) is 9.58. The maximum Gasteiger partial charge on any atom is 0.220 e. The van der Waals surface area contributed by atoms with Crippen molar-refractivity contribution in [3.05, 3.63) is 119 Å². The van der Waals surface area contributed by atoms with Gasteiger partial charge in [0.25, 0.3) is 0 Å². The summed E-state index contributed by atoms with van der Waals surface area (Å²) in [7, 11) is 0. The maximum absolute atomic E-state index is 12.4. The number of aliphatic hydroxyl groups is 1. The molecule has 0 spiro atoms. The number of nitrogens with one attached hydrogen (secondary N) is 2. The molecule has 0 saturated carbocycles. The van der Waals surface area contributed by atoms with Crippen molar-refractivity contribution in [1.82, 2.24) is 15.6 Å². The predicted octanol–water partition coefficient (Wildman–Crippen LogP) is 7.14. The number of unbranched alkanes of at least 4 members (excludes halogenated alkanes) is 2. The first-order valence-electron chi connectivity index (χ1n) is 16.6. The summed E-state index contributed by atoms with van der Waals surface area (Å²) in [4.78, 5) is 27.8. The van der Waals surface area contributed by atoms with Gasteiger partial charge in [-0.05, 0) is 58.9 Å². The summed E-state index contributed by atoms with van der Waals surface area (Å²) in [5, 5.41) is 16.3. The highest BCUT2D eigenvalue weighted by molar-refractivity contribution is 7.99. The van der Waals surface area contributed by atoms with Gasteiger partial charge in [-0.25, -0.2) is 4.98 Å². The number of aliphatic hydroxyl groups excluding tert-OH is 1. The lowest BCUT2D eigenvalue weighted by atomic mass is 9.91. The second-order valence-electron chi connectivity index (χ2n) is 12.2. The average Bonchev–Trinajstić information content (AvgIpc) is 3.12. The zero-order valence-corrected chi connectivity index (χ0v) is 28.5. The summed E-state index contributed by atoms with van der Waals surface area (Å²) < 4.78 is 13.2. The molecule has 3 N–H and O–H groups in total. The molecule has 9 heteroatoms. The maximum atomic E-state index is 12.4. The number of carbonyl (C=O) groups is 2. The number of carbonyl (C=O) groups excluding carboxylic acids is 2. The van der Waals surface area contributed by atoms with Crippen LogP contribution in [0, 0.1) is 5.92 Å². The molecule has 8 nitrogen and oxygen atoms in total. The highest BCUT2D eigenvalue weighted by Gasteiger charge is 2.38. The molecule has 4 aromatic rings. The first kappa shape index (κ1) is 35.3. The molecular formula is C39H45N3O5S. The van der Waals surface area contributed by atoms with E-state index in [1.165, 1.54) is 6.92 Å². The molecule has 3 aromatic carbocycles. The van der Waals surface area contributed by atoms with Gasteiger partial charge in [-0.2, -0.15) is 0 Å². The van der Waals surface area contributed by atoms with Crippen molar-refractivity contribution in [2.75, 3.05) is 12.3 Å². The number of thioether (sulfide) groups is 1. The van der Waals surface area contributed by atoms with Gasteiger partial charge in [0.1, 0.15) is 0 Å². The van der Waals surface area contributed by atoms with Gasteiger partial charge in [0.15, 0.2) is 6.29 Å². The Morgan fingerprint density at radius 3 is 2.35 bits per heavy atom. The van der Waals surface area contributed by atoms with Crippen molar-refractivity contribution in [1.29, 1.82) is 0 Å². The van der Waals surface area contributed by atoms with E-state index in [1.807, 2.05) is 54.6 Å². The van der Waals surface area contributed by atoms with Gasteiger partial charge in [-0.1, -0.05) is 86.1 Å². The molecule has 4 atom stereocenters. The van der Waals surface area contributed by atoms with Crippen molar-refractivity contribution in [2.45, 2.75) is 76.2 Å². The number of nitrogens with zero attached hydrogens (tertiary/aromatic N) is 1. The second-order valence-corrected chi connectivity index (χ2v) is 13.2. The molecule has 1 aliphatic rings. The van der Waals surface area contributed by atoms with E-state index in [9.17, 15) is 14.7 Å². The Balaban J connectivity index is 1.22. The average molecular weight is 668 g/mol. The van der Waals surface area contributed by atoms with Gasteiger partial charge < -0.3 is 25.2 Å². The highest BCUT2D eigenvalue weighted by Crippen LogP contribution is 2.43. The van der Waals surface area contributed by atoms with Crippen LogP contribution in [-0.2, 0) is 32.2 Å². The fraction of sp³-hybridized carbons (Fsp3) is 0.359. The van der Waals surface area contributed by atoms with Gasteiger partial charge in [0.05, 0.1) is 23.8 Å². The van der Waals surface area contributed by atoms with Gasteiger partial charge in [0.2, 0.25) is 11.8 Å². The van der Waals surface area contributed by atoms with E-state index in [0.717, 1.165) is 63.4 Å². The number of pyridine rings is 1. The number of benzene rings is 3. The van der Waals surface area contributed by atoms with Crippen LogP contribution in [0.3, 0.4) is 0 Å². The van der Waals surface area contributed by atoms with Gasteiger partial charge in [0, 0.05) is 49.9 Å². The number of aromatic nitrogens is 1. The van der Waals surface area contributed by atoms with Crippen LogP contribution in [0.2, 0.25) is 0 Å². The molecule has 1 aromatic heterocycles. The van der Waals surface area contributed by atoms with Crippen molar-refractivity contribution in [3.63, 3.8) is 0 Å². The highest BCUT2D eigenvalue weighted by atomic mass is 32.2. The molecule has 0 radical (unpaired) electrons. The monoisotopic (exact) mass is 667 g/mol. The normalized spacial score (nSPS) is 19.1. The quantitative estimate of drug-likeness (QED) is 0.0914. The predicted molar refractivity (Wildman–Crippen MR) is 189 cm³/mol. The lowest BCUT2D eigenvalue weighted by Crippen LogP contribution is -2.38. The Morgan fingerprint density at radius 1 is 0.833 bits per heavy atom. The van der Waals surface area contributed by atoms with Crippen LogP contribution in [0.15, 0.2) is 102 Å².